The number of ether oxygens (including phenoxy) is 1. The number of esters is 1. The van der Waals surface area contributed by atoms with E-state index in [4.69, 9.17) is 4.74 Å². The van der Waals surface area contributed by atoms with Gasteiger partial charge >= 0.3 is 5.97 Å². The van der Waals surface area contributed by atoms with Gasteiger partial charge < -0.3 is 14.9 Å². The SMILES string of the molecule is CCC1C(C)CC2(O)C(=O)OC(C)C2C1/C=C/c1ccc(-c2ccccc2CO)cn1. The van der Waals surface area contributed by atoms with E-state index in [2.05, 4.69) is 24.9 Å². The van der Waals surface area contributed by atoms with Crippen LogP contribution in [-0.4, -0.2) is 32.9 Å². The Kier molecular flexibility index (Phi) is 6.00. The maximum absolute atomic E-state index is 12.4. The maximum atomic E-state index is 12.4. The van der Waals surface area contributed by atoms with Gasteiger partial charge in [-0.15, -0.1) is 0 Å². The molecule has 6 unspecified atom stereocenters. The minimum Gasteiger partial charge on any atom is -0.460 e. The monoisotopic (exact) mass is 421 g/mol. The molecule has 5 heteroatoms. The molecule has 1 aromatic carbocycles. The summed E-state index contributed by atoms with van der Waals surface area (Å²) >= 11 is 0. The Balaban J connectivity index is 1.61. The molecule has 0 radical (unpaired) electrons. The molecule has 1 aromatic heterocycles. The van der Waals surface area contributed by atoms with Gasteiger partial charge in [-0.05, 0) is 54.4 Å². The van der Waals surface area contributed by atoms with Crippen LogP contribution < -0.4 is 0 Å². The molecule has 2 heterocycles. The number of rotatable bonds is 5. The van der Waals surface area contributed by atoms with Crippen molar-refractivity contribution in [2.75, 3.05) is 0 Å². The zero-order chi connectivity index (χ0) is 22.2. The number of cyclic esters (lactones) is 1. The lowest BCUT2D eigenvalue weighted by atomic mass is 9.59. The number of carbonyl (C=O) groups is 1. The lowest BCUT2D eigenvalue weighted by molar-refractivity contribution is -0.160. The summed E-state index contributed by atoms with van der Waals surface area (Å²) in [7, 11) is 0. The molecule has 0 spiro atoms. The first-order valence-corrected chi connectivity index (χ1v) is 11.2. The molecule has 164 valence electrons. The number of hydrogen-bond donors (Lipinski definition) is 2. The highest BCUT2D eigenvalue weighted by Gasteiger charge is 2.62. The van der Waals surface area contributed by atoms with Crippen molar-refractivity contribution < 1.29 is 19.7 Å². The van der Waals surface area contributed by atoms with Gasteiger partial charge in [-0.1, -0.05) is 56.7 Å². The fraction of sp³-hybridized carbons (Fsp3) is 0.462. The van der Waals surface area contributed by atoms with E-state index in [0.717, 1.165) is 28.8 Å². The second kappa shape index (κ2) is 8.56. The minimum absolute atomic E-state index is 0.0145. The molecule has 6 atom stereocenters. The number of aliphatic hydroxyl groups excluding tert-OH is 1. The van der Waals surface area contributed by atoms with Crippen molar-refractivity contribution in [1.82, 2.24) is 4.98 Å². The Morgan fingerprint density at radius 2 is 2.00 bits per heavy atom. The number of carbonyl (C=O) groups excluding carboxylic acids is 1. The van der Waals surface area contributed by atoms with Crippen molar-refractivity contribution >= 4 is 12.0 Å². The second-order valence-electron chi connectivity index (χ2n) is 9.04. The Hall–Kier alpha value is -2.50. The first-order valence-electron chi connectivity index (χ1n) is 11.2. The van der Waals surface area contributed by atoms with Gasteiger partial charge in [-0.2, -0.15) is 0 Å². The number of benzene rings is 1. The molecule has 0 bridgehead atoms. The first kappa shape index (κ1) is 21.7. The topological polar surface area (TPSA) is 79.7 Å². The van der Waals surface area contributed by atoms with Gasteiger partial charge in [-0.25, -0.2) is 4.79 Å². The number of allylic oxidation sites excluding steroid dienone is 1. The summed E-state index contributed by atoms with van der Waals surface area (Å²) in [6, 6.07) is 11.7. The maximum Gasteiger partial charge on any atom is 0.338 e. The van der Waals surface area contributed by atoms with Gasteiger partial charge in [0.2, 0.25) is 0 Å². The smallest absolute Gasteiger partial charge is 0.338 e. The zero-order valence-electron chi connectivity index (χ0n) is 18.4. The van der Waals surface area contributed by atoms with E-state index in [-0.39, 0.29) is 30.5 Å². The lowest BCUT2D eigenvalue weighted by Gasteiger charge is -2.45. The van der Waals surface area contributed by atoms with E-state index >= 15 is 0 Å². The van der Waals surface area contributed by atoms with Crippen LogP contribution in [-0.2, 0) is 16.1 Å². The van der Waals surface area contributed by atoms with Crippen LogP contribution in [0, 0.1) is 23.7 Å². The molecular weight excluding hydrogens is 390 g/mol. The van der Waals surface area contributed by atoms with E-state index < -0.39 is 11.6 Å². The summed E-state index contributed by atoms with van der Waals surface area (Å²) in [5, 5.41) is 20.8. The summed E-state index contributed by atoms with van der Waals surface area (Å²) in [6.45, 7) is 6.15. The molecule has 4 rings (SSSR count). The molecule has 2 aliphatic rings. The molecule has 2 N–H and O–H groups in total. The predicted molar refractivity (Wildman–Crippen MR) is 120 cm³/mol. The van der Waals surface area contributed by atoms with Crippen LogP contribution >= 0.6 is 0 Å². The molecule has 1 saturated heterocycles. The van der Waals surface area contributed by atoms with Crippen molar-refractivity contribution in [3.8, 4) is 11.1 Å². The summed E-state index contributed by atoms with van der Waals surface area (Å²) in [5.74, 6) is -0.0852. The normalized spacial score (nSPS) is 32.8. The quantitative estimate of drug-likeness (QED) is 0.707. The average molecular weight is 422 g/mol. The van der Waals surface area contributed by atoms with Gasteiger partial charge in [0.05, 0.1) is 12.3 Å². The van der Waals surface area contributed by atoms with E-state index in [0.29, 0.717) is 12.3 Å². The van der Waals surface area contributed by atoms with Crippen LogP contribution in [0.1, 0.15) is 44.9 Å². The Morgan fingerprint density at radius 3 is 2.68 bits per heavy atom. The van der Waals surface area contributed by atoms with Crippen molar-refractivity contribution in [1.29, 1.82) is 0 Å². The van der Waals surface area contributed by atoms with E-state index in [1.165, 1.54) is 0 Å². The van der Waals surface area contributed by atoms with Gasteiger partial charge in [0.15, 0.2) is 5.60 Å². The van der Waals surface area contributed by atoms with Gasteiger partial charge in [0, 0.05) is 17.7 Å². The van der Waals surface area contributed by atoms with Gasteiger partial charge in [-0.3, -0.25) is 4.98 Å². The number of nitrogens with zero attached hydrogens (tertiary/aromatic N) is 1. The molecular formula is C26H31NO4. The zero-order valence-corrected chi connectivity index (χ0v) is 18.4. The number of aliphatic hydroxyl groups is 2. The lowest BCUT2D eigenvalue weighted by Crippen LogP contribution is -2.53. The van der Waals surface area contributed by atoms with Crippen LogP contribution in [0.5, 0.6) is 0 Å². The van der Waals surface area contributed by atoms with Crippen LogP contribution in [0.2, 0.25) is 0 Å². The molecule has 1 saturated carbocycles. The number of pyridine rings is 1. The fourth-order valence-corrected chi connectivity index (χ4v) is 5.76. The Bertz CT molecular complexity index is 970. The third-order valence-electron chi connectivity index (χ3n) is 7.22. The molecule has 0 amide bonds. The molecule has 2 fully saturated rings. The number of hydrogen-bond acceptors (Lipinski definition) is 5. The van der Waals surface area contributed by atoms with Crippen molar-refractivity contribution in [3.63, 3.8) is 0 Å². The predicted octanol–water partition coefficient (Wildman–Crippen LogP) is 4.23. The average Bonchev–Trinajstić information content (AvgIpc) is 2.99. The molecule has 1 aliphatic carbocycles. The highest BCUT2D eigenvalue weighted by Crippen LogP contribution is 2.52. The molecule has 31 heavy (non-hydrogen) atoms. The molecule has 1 aliphatic heterocycles. The van der Waals surface area contributed by atoms with Gasteiger partial charge in [0.1, 0.15) is 6.10 Å². The van der Waals surface area contributed by atoms with E-state index in [1.807, 2.05) is 55.6 Å². The standard InChI is InChI=1S/C26H31NO4/c1-4-21-16(2)13-26(30)24(17(3)31-25(26)29)23(21)12-11-20-10-9-18(14-27-20)22-8-6-5-7-19(22)15-28/h5-12,14,16-17,21,23-24,28,30H,4,13,15H2,1-3H3/b12-11+. The number of fused-ring (bicyclic) bond motifs is 1. The fourth-order valence-electron chi connectivity index (χ4n) is 5.76. The molecule has 2 aromatic rings. The molecule has 5 nitrogen and oxygen atoms in total. The van der Waals surface area contributed by atoms with Crippen molar-refractivity contribution in [3.05, 3.63) is 59.9 Å². The summed E-state index contributed by atoms with van der Waals surface area (Å²) in [4.78, 5) is 17.0. The van der Waals surface area contributed by atoms with Crippen LogP contribution in [0.4, 0.5) is 0 Å². The highest BCUT2D eigenvalue weighted by molar-refractivity contribution is 5.82. The number of aromatic nitrogens is 1. The summed E-state index contributed by atoms with van der Waals surface area (Å²) < 4.78 is 5.46. The van der Waals surface area contributed by atoms with E-state index in [9.17, 15) is 15.0 Å². The third-order valence-corrected chi connectivity index (χ3v) is 7.22. The summed E-state index contributed by atoms with van der Waals surface area (Å²) in [5.41, 5.74) is 2.22. The van der Waals surface area contributed by atoms with Gasteiger partial charge in [0.25, 0.3) is 0 Å². The largest absolute Gasteiger partial charge is 0.460 e. The highest BCUT2D eigenvalue weighted by atomic mass is 16.6. The van der Waals surface area contributed by atoms with Crippen LogP contribution in [0.3, 0.4) is 0 Å². The van der Waals surface area contributed by atoms with Crippen molar-refractivity contribution in [2.45, 2.75) is 51.9 Å². The van der Waals surface area contributed by atoms with E-state index in [1.54, 1.807) is 0 Å². The summed E-state index contributed by atoms with van der Waals surface area (Å²) in [6.07, 6.45) is 7.05. The second-order valence-corrected chi connectivity index (χ2v) is 9.04. The van der Waals surface area contributed by atoms with Crippen LogP contribution in [0.25, 0.3) is 17.2 Å². The third kappa shape index (κ3) is 3.81. The van der Waals surface area contributed by atoms with Crippen LogP contribution in [0.15, 0.2) is 48.7 Å². The minimum atomic E-state index is -1.40. The first-order chi connectivity index (χ1) is 14.9. The Labute approximate surface area is 183 Å². The Morgan fingerprint density at radius 1 is 1.23 bits per heavy atom. The van der Waals surface area contributed by atoms with Crippen molar-refractivity contribution in [2.24, 2.45) is 23.7 Å².